The molecule has 1 aromatic carbocycles. The Morgan fingerprint density at radius 2 is 2.04 bits per heavy atom. The average molecular weight is 423 g/mol. The molecule has 9 heteroatoms. The second kappa shape index (κ2) is 8.85. The van der Waals surface area contributed by atoms with Crippen molar-refractivity contribution in [2.45, 2.75) is 36.5 Å². The number of hydrogen-bond donors (Lipinski definition) is 1. The Hall–Kier alpha value is -2.23. The molecule has 0 saturated carbocycles. The van der Waals surface area contributed by atoms with E-state index in [2.05, 4.69) is 4.72 Å². The average Bonchev–Trinajstić information content (AvgIpc) is 3.22. The van der Waals surface area contributed by atoms with Crippen molar-refractivity contribution >= 4 is 38.9 Å². The zero-order chi connectivity index (χ0) is 20.1. The van der Waals surface area contributed by atoms with Gasteiger partial charge in [-0.25, -0.2) is 13.1 Å². The van der Waals surface area contributed by atoms with Crippen molar-refractivity contribution in [3.63, 3.8) is 0 Å². The number of para-hydroxylation sites is 1. The molecule has 150 valence electrons. The normalized spacial score (nSPS) is 15.0. The largest absolute Gasteiger partial charge is 0.452 e. The fourth-order valence-electron chi connectivity index (χ4n) is 3.06. The third kappa shape index (κ3) is 4.78. The number of carbonyl (C=O) groups excluding carboxylic acids is 2. The van der Waals surface area contributed by atoms with Gasteiger partial charge in [0, 0.05) is 18.8 Å². The molecule has 0 radical (unpaired) electrons. The van der Waals surface area contributed by atoms with E-state index in [0.717, 1.165) is 35.4 Å². The second-order valence-corrected chi connectivity index (χ2v) is 9.38. The van der Waals surface area contributed by atoms with Crippen LogP contribution >= 0.6 is 11.3 Å². The Balaban J connectivity index is 1.51. The zero-order valence-corrected chi connectivity index (χ0v) is 17.1. The van der Waals surface area contributed by atoms with E-state index < -0.39 is 22.1 Å². The molecular weight excluding hydrogens is 400 g/mol. The number of fused-ring (bicyclic) bond motifs is 1. The van der Waals surface area contributed by atoms with Gasteiger partial charge < -0.3 is 9.64 Å². The lowest BCUT2D eigenvalue weighted by Gasteiger charge is -2.31. The number of rotatable bonds is 7. The third-order valence-electron chi connectivity index (χ3n) is 4.41. The van der Waals surface area contributed by atoms with Crippen LogP contribution in [0.5, 0.6) is 0 Å². The molecule has 7 nitrogen and oxygen atoms in total. The first-order chi connectivity index (χ1) is 13.4. The molecule has 0 saturated heterocycles. The topological polar surface area (TPSA) is 92.8 Å². The van der Waals surface area contributed by atoms with Gasteiger partial charge in [0.2, 0.25) is 10.0 Å². The van der Waals surface area contributed by atoms with Gasteiger partial charge >= 0.3 is 5.97 Å². The van der Waals surface area contributed by atoms with E-state index in [1.807, 2.05) is 24.3 Å². The van der Waals surface area contributed by atoms with E-state index in [4.69, 9.17) is 4.74 Å². The van der Waals surface area contributed by atoms with E-state index in [1.54, 1.807) is 16.3 Å². The quantitative estimate of drug-likeness (QED) is 0.692. The molecule has 0 aliphatic carbocycles. The number of thiophene rings is 1. The van der Waals surface area contributed by atoms with Crippen molar-refractivity contribution < 1.29 is 22.7 Å². The summed E-state index contributed by atoms with van der Waals surface area (Å²) in [6, 6.07) is 10.8. The summed E-state index contributed by atoms with van der Waals surface area (Å²) in [7, 11) is -3.62. The first kappa shape index (κ1) is 20.5. The molecule has 1 atom stereocenters. The Morgan fingerprint density at radius 3 is 2.79 bits per heavy atom. The lowest BCUT2D eigenvalue weighted by Crippen LogP contribution is -2.43. The lowest BCUT2D eigenvalue weighted by atomic mass is 10.0. The summed E-state index contributed by atoms with van der Waals surface area (Å²) in [5, 5.41) is 1.66. The van der Waals surface area contributed by atoms with Gasteiger partial charge in [0.1, 0.15) is 4.21 Å². The highest BCUT2D eigenvalue weighted by atomic mass is 32.2. The Labute approximate surface area is 168 Å². The zero-order valence-electron chi connectivity index (χ0n) is 15.5. The third-order valence-corrected chi connectivity index (χ3v) is 7.27. The van der Waals surface area contributed by atoms with Crippen LogP contribution in [0.1, 0.15) is 25.3 Å². The highest BCUT2D eigenvalue weighted by Gasteiger charge is 2.28. The van der Waals surface area contributed by atoms with Crippen molar-refractivity contribution in [1.82, 2.24) is 4.72 Å². The van der Waals surface area contributed by atoms with Gasteiger partial charge in [-0.2, -0.15) is 0 Å². The molecule has 1 aliphatic heterocycles. The number of anilines is 1. The van der Waals surface area contributed by atoms with Crippen LogP contribution in [0.4, 0.5) is 5.69 Å². The summed E-state index contributed by atoms with van der Waals surface area (Å²) in [5.74, 6) is -0.903. The number of hydrogen-bond acceptors (Lipinski definition) is 6. The molecule has 0 bridgehead atoms. The predicted molar refractivity (Wildman–Crippen MR) is 107 cm³/mol. The van der Waals surface area contributed by atoms with Crippen molar-refractivity contribution in [1.29, 1.82) is 0 Å². The lowest BCUT2D eigenvalue weighted by molar-refractivity contribution is -0.153. The molecule has 2 heterocycles. The van der Waals surface area contributed by atoms with Crippen molar-refractivity contribution in [2.75, 3.05) is 18.0 Å². The predicted octanol–water partition coefficient (Wildman–Crippen LogP) is 2.33. The van der Waals surface area contributed by atoms with Crippen molar-refractivity contribution in [3.05, 3.63) is 47.3 Å². The fraction of sp³-hybridized carbons (Fsp3) is 0.368. The van der Waals surface area contributed by atoms with Crippen LogP contribution in [-0.4, -0.2) is 39.5 Å². The number of ether oxygens (including phenoxy) is 1. The van der Waals surface area contributed by atoms with E-state index >= 15 is 0 Å². The van der Waals surface area contributed by atoms with Crippen LogP contribution in [0.3, 0.4) is 0 Å². The van der Waals surface area contributed by atoms with Crippen LogP contribution in [0.2, 0.25) is 0 Å². The van der Waals surface area contributed by atoms with Gasteiger partial charge in [-0.3, -0.25) is 9.59 Å². The van der Waals surface area contributed by atoms with Crippen molar-refractivity contribution in [3.8, 4) is 0 Å². The summed E-state index contributed by atoms with van der Waals surface area (Å²) >= 11 is 1.10. The van der Waals surface area contributed by atoms with Crippen LogP contribution in [0, 0.1) is 0 Å². The molecule has 0 spiro atoms. The van der Waals surface area contributed by atoms with Crippen LogP contribution in [0.15, 0.2) is 46.0 Å². The number of nitrogens with one attached hydrogen (secondary N) is 1. The Kier molecular flexibility index (Phi) is 6.48. The maximum atomic E-state index is 12.7. The van der Waals surface area contributed by atoms with Crippen LogP contribution in [-0.2, 0) is 30.8 Å². The summed E-state index contributed by atoms with van der Waals surface area (Å²) in [5.41, 5.74) is 1.95. The van der Waals surface area contributed by atoms with Crippen molar-refractivity contribution in [2.24, 2.45) is 0 Å². The molecule has 1 aliphatic rings. The first-order valence-electron chi connectivity index (χ1n) is 9.00. The van der Waals surface area contributed by atoms with E-state index in [-0.39, 0.29) is 23.1 Å². The van der Waals surface area contributed by atoms with Crippen LogP contribution < -0.4 is 9.62 Å². The SMILES string of the molecule is CC(OC(=O)CCNS(=O)(=O)c1cccs1)C(=O)N1CCCc2ccccc21. The number of amides is 1. The maximum Gasteiger partial charge on any atom is 0.307 e. The fourth-order valence-corrected chi connectivity index (χ4v) is 5.13. The molecule has 2 aromatic rings. The first-order valence-corrected chi connectivity index (χ1v) is 11.4. The number of nitrogens with zero attached hydrogens (tertiary/aromatic N) is 1. The standard InChI is InChI=1S/C19H22N2O5S2/c1-14(19(23)21-12-4-7-15-6-2-3-8-16(15)21)26-17(22)10-11-20-28(24,25)18-9-5-13-27-18/h2-3,5-6,8-9,13-14,20H,4,7,10-12H2,1H3. The molecule has 1 N–H and O–H groups in total. The Morgan fingerprint density at radius 1 is 1.25 bits per heavy atom. The van der Waals surface area contributed by atoms with E-state index in [0.29, 0.717) is 6.54 Å². The number of sulfonamides is 1. The highest BCUT2D eigenvalue weighted by molar-refractivity contribution is 7.91. The molecule has 1 unspecified atom stereocenters. The summed E-state index contributed by atoms with van der Waals surface area (Å²) < 4.78 is 31.8. The van der Waals surface area contributed by atoms with Gasteiger partial charge in [-0.05, 0) is 42.8 Å². The van der Waals surface area contributed by atoms with E-state index in [9.17, 15) is 18.0 Å². The Bertz CT molecular complexity index is 941. The van der Waals surface area contributed by atoms with E-state index in [1.165, 1.54) is 13.0 Å². The highest BCUT2D eigenvalue weighted by Crippen LogP contribution is 2.27. The molecule has 3 rings (SSSR count). The minimum absolute atomic E-state index is 0.0907. The van der Waals surface area contributed by atoms with Gasteiger partial charge in [0.05, 0.1) is 6.42 Å². The van der Waals surface area contributed by atoms with Gasteiger partial charge in [-0.15, -0.1) is 11.3 Å². The minimum atomic E-state index is -3.62. The molecule has 0 fully saturated rings. The van der Waals surface area contributed by atoms with Crippen LogP contribution in [0.25, 0.3) is 0 Å². The maximum absolute atomic E-state index is 12.7. The number of esters is 1. The molecule has 1 amide bonds. The van der Waals surface area contributed by atoms with Gasteiger partial charge in [-0.1, -0.05) is 24.3 Å². The number of aryl methyl sites for hydroxylation is 1. The molecule has 28 heavy (non-hydrogen) atoms. The monoisotopic (exact) mass is 422 g/mol. The minimum Gasteiger partial charge on any atom is -0.452 e. The van der Waals surface area contributed by atoms with Gasteiger partial charge in [0.15, 0.2) is 6.10 Å². The molecule has 1 aromatic heterocycles. The number of carbonyl (C=O) groups is 2. The smallest absolute Gasteiger partial charge is 0.307 e. The molecular formula is C19H22N2O5S2. The summed E-state index contributed by atoms with van der Waals surface area (Å²) in [4.78, 5) is 26.4. The van der Waals surface area contributed by atoms with Gasteiger partial charge in [0.25, 0.3) is 5.91 Å². The second-order valence-electron chi connectivity index (χ2n) is 6.43. The summed E-state index contributed by atoms with van der Waals surface area (Å²) in [6.45, 7) is 2.03. The number of benzene rings is 1. The summed E-state index contributed by atoms with van der Waals surface area (Å²) in [6.07, 6.45) is 0.679.